The fraction of sp³-hybridized carbons (Fsp3) is 0.158. The van der Waals surface area contributed by atoms with Gasteiger partial charge in [0.15, 0.2) is 23.0 Å². The van der Waals surface area contributed by atoms with Crippen molar-refractivity contribution >= 4 is 17.2 Å². The summed E-state index contributed by atoms with van der Waals surface area (Å²) in [5.41, 5.74) is 2.04. The highest BCUT2D eigenvalue weighted by Crippen LogP contribution is 2.40. The van der Waals surface area contributed by atoms with Crippen LogP contribution in [-0.4, -0.2) is 46.1 Å². The Morgan fingerprint density at radius 2 is 1.68 bits per heavy atom. The molecule has 9 heteroatoms. The highest BCUT2D eigenvalue weighted by molar-refractivity contribution is 5.67. The molecule has 4 rings (SSSR count). The van der Waals surface area contributed by atoms with Crippen LogP contribution in [0.3, 0.4) is 0 Å². The molecular weight excluding hydrogens is 360 g/mol. The Hall–Kier alpha value is -3.88. The summed E-state index contributed by atoms with van der Waals surface area (Å²) in [6, 6.07) is 12.8. The van der Waals surface area contributed by atoms with Crippen LogP contribution in [0.1, 0.15) is 0 Å². The first-order valence-electron chi connectivity index (χ1n) is 8.44. The maximum atomic E-state index is 5.39. The number of ether oxygens (including phenoxy) is 3. The summed E-state index contributed by atoms with van der Waals surface area (Å²) < 4.78 is 17.8. The number of benzene rings is 1. The fourth-order valence-corrected chi connectivity index (χ4v) is 2.81. The van der Waals surface area contributed by atoms with E-state index in [9.17, 15) is 0 Å². The number of nitrogens with one attached hydrogen (secondary N) is 1. The second kappa shape index (κ2) is 7.39. The van der Waals surface area contributed by atoms with Gasteiger partial charge in [-0.3, -0.25) is 4.98 Å². The van der Waals surface area contributed by atoms with Gasteiger partial charge in [0.05, 0.1) is 21.3 Å². The number of rotatable bonds is 6. The zero-order chi connectivity index (χ0) is 19.5. The van der Waals surface area contributed by atoms with E-state index in [1.807, 2.05) is 30.3 Å². The van der Waals surface area contributed by atoms with Crippen molar-refractivity contribution in [2.45, 2.75) is 0 Å². The molecule has 3 aromatic heterocycles. The summed E-state index contributed by atoms with van der Waals surface area (Å²) in [5, 5.41) is 16.2. The maximum Gasteiger partial charge on any atom is 0.203 e. The summed E-state index contributed by atoms with van der Waals surface area (Å²) in [4.78, 5) is 4.32. The number of methoxy groups -OCH3 is 3. The van der Waals surface area contributed by atoms with E-state index in [0.29, 0.717) is 40.2 Å². The molecule has 28 heavy (non-hydrogen) atoms. The summed E-state index contributed by atoms with van der Waals surface area (Å²) in [6.45, 7) is 0. The first kappa shape index (κ1) is 17.5. The Bertz CT molecular complexity index is 1090. The Morgan fingerprint density at radius 1 is 0.893 bits per heavy atom. The van der Waals surface area contributed by atoms with Gasteiger partial charge in [-0.25, -0.2) is 0 Å². The smallest absolute Gasteiger partial charge is 0.203 e. The van der Waals surface area contributed by atoms with E-state index in [1.165, 1.54) is 0 Å². The average molecular weight is 378 g/mol. The van der Waals surface area contributed by atoms with Crippen LogP contribution in [-0.2, 0) is 0 Å². The lowest BCUT2D eigenvalue weighted by molar-refractivity contribution is 0.324. The first-order chi connectivity index (χ1) is 13.7. The van der Waals surface area contributed by atoms with Crippen molar-refractivity contribution in [3.05, 3.63) is 48.7 Å². The second-order valence-electron chi connectivity index (χ2n) is 5.77. The zero-order valence-corrected chi connectivity index (χ0v) is 15.6. The lowest BCUT2D eigenvalue weighted by atomic mass is 10.2. The Labute approximate surface area is 160 Å². The molecule has 0 saturated heterocycles. The van der Waals surface area contributed by atoms with Gasteiger partial charge in [0.1, 0.15) is 5.69 Å². The molecule has 0 amide bonds. The quantitative estimate of drug-likeness (QED) is 0.547. The largest absolute Gasteiger partial charge is 0.493 e. The van der Waals surface area contributed by atoms with Crippen LogP contribution in [0.4, 0.5) is 11.5 Å². The van der Waals surface area contributed by atoms with Crippen LogP contribution in [0.2, 0.25) is 0 Å². The van der Waals surface area contributed by atoms with Crippen LogP contribution < -0.4 is 19.5 Å². The Morgan fingerprint density at radius 3 is 2.32 bits per heavy atom. The minimum absolute atomic E-state index is 0.523. The van der Waals surface area contributed by atoms with E-state index in [1.54, 1.807) is 44.2 Å². The molecule has 142 valence electrons. The van der Waals surface area contributed by atoms with E-state index in [2.05, 4.69) is 25.6 Å². The number of hydrogen-bond acceptors (Lipinski definition) is 8. The number of nitrogens with zero attached hydrogens (tertiary/aromatic N) is 5. The van der Waals surface area contributed by atoms with Gasteiger partial charge in [0, 0.05) is 24.0 Å². The number of pyridine rings is 1. The standard InChI is InChI=1S/C19H18N6O3/c1-26-14-10-12(11-15(27-2)18(14)28-3)21-16-7-8-17-22-23-19(25(17)24-16)13-6-4-5-9-20-13/h4-11H,1-3H3,(H,21,24). The van der Waals surface area contributed by atoms with Gasteiger partial charge in [-0.2, -0.15) is 4.52 Å². The molecular formula is C19H18N6O3. The van der Waals surface area contributed by atoms with Gasteiger partial charge < -0.3 is 19.5 Å². The van der Waals surface area contributed by atoms with Crippen molar-refractivity contribution in [1.29, 1.82) is 0 Å². The molecule has 1 N–H and O–H groups in total. The predicted octanol–water partition coefficient (Wildman–Crippen LogP) is 2.96. The molecule has 0 unspecified atom stereocenters. The predicted molar refractivity (Wildman–Crippen MR) is 103 cm³/mol. The molecule has 4 aromatic rings. The third-order valence-electron chi connectivity index (χ3n) is 4.09. The molecule has 0 atom stereocenters. The van der Waals surface area contributed by atoms with E-state index in [0.717, 1.165) is 5.69 Å². The van der Waals surface area contributed by atoms with Crippen LogP contribution in [0, 0.1) is 0 Å². The normalized spacial score (nSPS) is 10.7. The average Bonchev–Trinajstić information content (AvgIpc) is 3.16. The van der Waals surface area contributed by atoms with Crippen LogP contribution in [0.25, 0.3) is 17.2 Å². The SMILES string of the molecule is COc1cc(Nc2ccc3nnc(-c4ccccn4)n3n2)cc(OC)c1OC. The number of hydrogen-bond donors (Lipinski definition) is 1. The molecule has 1 aromatic carbocycles. The summed E-state index contributed by atoms with van der Waals surface area (Å²) in [7, 11) is 4.71. The maximum absolute atomic E-state index is 5.39. The molecule has 0 spiro atoms. The van der Waals surface area contributed by atoms with Crippen molar-refractivity contribution in [3.63, 3.8) is 0 Å². The second-order valence-corrected chi connectivity index (χ2v) is 5.77. The molecule has 0 saturated carbocycles. The minimum atomic E-state index is 0.523. The third-order valence-corrected chi connectivity index (χ3v) is 4.09. The van der Waals surface area contributed by atoms with Gasteiger partial charge in [-0.1, -0.05) is 6.07 Å². The van der Waals surface area contributed by atoms with Crippen molar-refractivity contribution in [2.75, 3.05) is 26.6 Å². The number of anilines is 2. The fourth-order valence-electron chi connectivity index (χ4n) is 2.81. The molecule has 3 heterocycles. The van der Waals surface area contributed by atoms with Gasteiger partial charge in [0.2, 0.25) is 11.6 Å². The number of aromatic nitrogens is 5. The van der Waals surface area contributed by atoms with E-state index < -0.39 is 0 Å². The molecule has 0 fully saturated rings. The molecule has 0 aliphatic carbocycles. The van der Waals surface area contributed by atoms with Crippen molar-refractivity contribution in [3.8, 4) is 28.8 Å². The lowest BCUT2D eigenvalue weighted by Gasteiger charge is -2.14. The van der Waals surface area contributed by atoms with Gasteiger partial charge in [0.25, 0.3) is 0 Å². The molecule has 0 bridgehead atoms. The first-order valence-corrected chi connectivity index (χ1v) is 8.44. The topological polar surface area (TPSA) is 95.7 Å². The number of fused-ring (bicyclic) bond motifs is 1. The highest BCUT2D eigenvalue weighted by atomic mass is 16.5. The molecule has 9 nitrogen and oxygen atoms in total. The molecule has 0 aliphatic heterocycles. The molecule has 0 aliphatic rings. The van der Waals surface area contributed by atoms with Crippen molar-refractivity contribution in [2.24, 2.45) is 0 Å². The van der Waals surface area contributed by atoms with E-state index in [4.69, 9.17) is 14.2 Å². The van der Waals surface area contributed by atoms with Crippen LogP contribution in [0.15, 0.2) is 48.7 Å². The van der Waals surface area contributed by atoms with Crippen LogP contribution >= 0.6 is 0 Å². The summed E-state index contributed by atoms with van der Waals surface area (Å²) >= 11 is 0. The third kappa shape index (κ3) is 3.13. The summed E-state index contributed by atoms with van der Waals surface area (Å²) in [5.74, 6) is 2.77. The lowest BCUT2D eigenvalue weighted by Crippen LogP contribution is -2.02. The van der Waals surface area contributed by atoms with E-state index in [-0.39, 0.29) is 0 Å². The van der Waals surface area contributed by atoms with Crippen molar-refractivity contribution in [1.82, 2.24) is 24.8 Å². The Kier molecular flexibility index (Phi) is 4.63. The minimum Gasteiger partial charge on any atom is -0.493 e. The van der Waals surface area contributed by atoms with Gasteiger partial charge >= 0.3 is 0 Å². The zero-order valence-electron chi connectivity index (χ0n) is 15.6. The van der Waals surface area contributed by atoms with Crippen LogP contribution in [0.5, 0.6) is 17.2 Å². The molecule has 0 radical (unpaired) electrons. The van der Waals surface area contributed by atoms with E-state index >= 15 is 0 Å². The van der Waals surface area contributed by atoms with Gasteiger partial charge in [-0.05, 0) is 24.3 Å². The summed E-state index contributed by atoms with van der Waals surface area (Å²) in [6.07, 6.45) is 1.70. The highest BCUT2D eigenvalue weighted by Gasteiger charge is 2.15. The Balaban J connectivity index is 1.73. The monoisotopic (exact) mass is 378 g/mol. The van der Waals surface area contributed by atoms with Gasteiger partial charge in [-0.15, -0.1) is 15.3 Å². The van der Waals surface area contributed by atoms with Crippen molar-refractivity contribution < 1.29 is 14.2 Å².